The number of nitrogens with zero attached hydrogens (tertiary/aromatic N) is 3. The summed E-state index contributed by atoms with van der Waals surface area (Å²) in [4.78, 5) is 11.9. The van der Waals surface area contributed by atoms with Crippen LogP contribution in [0.3, 0.4) is 0 Å². The third-order valence-electron chi connectivity index (χ3n) is 2.03. The molecule has 0 saturated heterocycles. The summed E-state index contributed by atoms with van der Waals surface area (Å²) in [5.74, 6) is 0.587. The molecule has 19 heavy (non-hydrogen) atoms. The molecule has 0 bridgehead atoms. The van der Waals surface area contributed by atoms with E-state index in [0.717, 1.165) is 13.0 Å². The minimum Gasteiger partial charge on any atom is -0.354 e. The van der Waals surface area contributed by atoms with E-state index in [9.17, 15) is 8.42 Å². The fraction of sp³-hybridized carbons (Fsp3) is 0.667. The maximum absolute atomic E-state index is 10.7. The fourth-order valence-corrected chi connectivity index (χ4v) is 1.93. The topological polar surface area (TPSA) is 123 Å². The van der Waals surface area contributed by atoms with Crippen LogP contribution in [0.2, 0.25) is 5.28 Å². The van der Waals surface area contributed by atoms with Crippen molar-refractivity contribution in [3.05, 3.63) is 5.28 Å². The molecule has 0 unspecified atom stereocenters. The molecule has 108 valence electrons. The minimum absolute atomic E-state index is 0.0718. The van der Waals surface area contributed by atoms with Crippen molar-refractivity contribution in [2.45, 2.75) is 19.8 Å². The van der Waals surface area contributed by atoms with Gasteiger partial charge in [0.1, 0.15) is 0 Å². The molecule has 0 aliphatic carbocycles. The summed E-state index contributed by atoms with van der Waals surface area (Å²) in [6.07, 6.45) is 1.29. The normalized spacial score (nSPS) is 11.3. The van der Waals surface area contributed by atoms with Gasteiger partial charge in [0.15, 0.2) is 0 Å². The Morgan fingerprint density at radius 3 is 2.26 bits per heavy atom. The van der Waals surface area contributed by atoms with Gasteiger partial charge in [-0.05, 0) is 24.4 Å². The molecule has 1 rings (SSSR count). The number of hydrogen-bond acceptors (Lipinski definition) is 7. The fourth-order valence-electron chi connectivity index (χ4n) is 1.22. The predicted molar refractivity (Wildman–Crippen MR) is 74.7 cm³/mol. The lowest BCUT2D eigenvalue weighted by atomic mass is 10.5. The molecule has 0 radical (unpaired) electrons. The van der Waals surface area contributed by atoms with E-state index in [-0.39, 0.29) is 11.0 Å². The molecule has 0 aliphatic rings. The van der Waals surface area contributed by atoms with Gasteiger partial charge in [0, 0.05) is 13.1 Å². The van der Waals surface area contributed by atoms with Crippen molar-refractivity contribution in [2.24, 2.45) is 5.14 Å². The number of rotatable bonds is 8. The first-order chi connectivity index (χ1) is 8.90. The van der Waals surface area contributed by atoms with E-state index in [0.29, 0.717) is 24.9 Å². The molecule has 0 spiro atoms. The van der Waals surface area contributed by atoms with Crippen LogP contribution in [0, 0.1) is 0 Å². The van der Waals surface area contributed by atoms with Crippen molar-refractivity contribution in [1.82, 2.24) is 15.0 Å². The Hall–Kier alpha value is -1.19. The third kappa shape index (κ3) is 7.09. The summed E-state index contributed by atoms with van der Waals surface area (Å²) >= 11 is 5.76. The molecule has 0 saturated carbocycles. The Balaban J connectivity index is 2.51. The van der Waals surface area contributed by atoms with Gasteiger partial charge in [0.05, 0.1) is 5.75 Å². The van der Waals surface area contributed by atoms with Crippen LogP contribution < -0.4 is 15.8 Å². The second-order valence-corrected chi connectivity index (χ2v) is 5.90. The SMILES string of the molecule is CCCNc1nc(Cl)nc(NCCCS(N)(=O)=O)n1. The average Bonchev–Trinajstić information content (AvgIpc) is 2.30. The summed E-state index contributed by atoms with van der Waals surface area (Å²) < 4.78 is 21.5. The molecule has 10 heteroatoms. The Bertz CT molecular complexity index is 509. The van der Waals surface area contributed by atoms with Crippen LogP contribution in [-0.4, -0.2) is 42.2 Å². The van der Waals surface area contributed by atoms with E-state index >= 15 is 0 Å². The van der Waals surface area contributed by atoms with Gasteiger partial charge >= 0.3 is 0 Å². The van der Waals surface area contributed by atoms with Crippen LogP contribution in [0.25, 0.3) is 0 Å². The summed E-state index contributed by atoms with van der Waals surface area (Å²) in [5.41, 5.74) is 0. The lowest BCUT2D eigenvalue weighted by Gasteiger charge is -2.07. The second-order valence-electron chi connectivity index (χ2n) is 3.83. The predicted octanol–water partition coefficient (Wildman–Crippen LogP) is 0.437. The summed E-state index contributed by atoms with van der Waals surface area (Å²) in [6, 6.07) is 0. The van der Waals surface area contributed by atoms with E-state index in [1.807, 2.05) is 6.92 Å². The molecule has 8 nitrogen and oxygen atoms in total. The van der Waals surface area contributed by atoms with Gasteiger partial charge < -0.3 is 10.6 Å². The van der Waals surface area contributed by atoms with Crippen molar-refractivity contribution in [2.75, 3.05) is 29.5 Å². The van der Waals surface area contributed by atoms with Gasteiger partial charge in [0.25, 0.3) is 0 Å². The zero-order valence-electron chi connectivity index (χ0n) is 10.6. The van der Waals surface area contributed by atoms with Gasteiger partial charge in [0.2, 0.25) is 27.2 Å². The Labute approximate surface area is 117 Å². The van der Waals surface area contributed by atoms with E-state index in [4.69, 9.17) is 16.7 Å². The molecule has 4 N–H and O–H groups in total. The van der Waals surface area contributed by atoms with Gasteiger partial charge in [-0.1, -0.05) is 6.92 Å². The van der Waals surface area contributed by atoms with E-state index in [2.05, 4.69) is 25.6 Å². The Kier molecular flexibility index (Phi) is 6.19. The first-order valence-electron chi connectivity index (χ1n) is 5.80. The molecule has 1 aromatic heterocycles. The van der Waals surface area contributed by atoms with Crippen LogP contribution in [-0.2, 0) is 10.0 Å². The quantitative estimate of drug-likeness (QED) is 0.595. The number of primary sulfonamides is 1. The number of hydrogen-bond donors (Lipinski definition) is 3. The molecule has 0 amide bonds. The van der Waals surface area contributed by atoms with Gasteiger partial charge in [-0.25, -0.2) is 13.6 Å². The average molecular weight is 309 g/mol. The van der Waals surface area contributed by atoms with E-state index in [1.165, 1.54) is 0 Å². The van der Waals surface area contributed by atoms with Crippen LogP contribution in [0.4, 0.5) is 11.9 Å². The molecular weight excluding hydrogens is 292 g/mol. The van der Waals surface area contributed by atoms with E-state index in [1.54, 1.807) is 0 Å². The minimum atomic E-state index is -3.44. The molecule has 1 heterocycles. The van der Waals surface area contributed by atoms with Crippen molar-refractivity contribution in [1.29, 1.82) is 0 Å². The standard InChI is InChI=1S/C9H17ClN6O2S/c1-2-4-12-8-14-7(10)15-9(16-8)13-5-3-6-19(11,17)18/h2-6H2,1H3,(H2,11,17,18)(H2,12,13,14,15,16). The van der Waals surface area contributed by atoms with Crippen LogP contribution in [0.15, 0.2) is 0 Å². The molecule has 0 aliphatic heterocycles. The summed E-state index contributed by atoms with van der Waals surface area (Å²) in [5, 5.41) is 10.8. The monoisotopic (exact) mass is 308 g/mol. The highest BCUT2D eigenvalue weighted by atomic mass is 35.5. The molecule has 0 fully saturated rings. The summed E-state index contributed by atoms with van der Waals surface area (Å²) in [7, 11) is -3.44. The number of anilines is 2. The smallest absolute Gasteiger partial charge is 0.228 e. The molecule has 0 atom stereocenters. The first-order valence-corrected chi connectivity index (χ1v) is 7.90. The summed E-state index contributed by atoms with van der Waals surface area (Å²) in [6.45, 7) is 3.12. The maximum Gasteiger partial charge on any atom is 0.228 e. The highest BCUT2D eigenvalue weighted by Crippen LogP contribution is 2.09. The van der Waals surface area contributed by atoms with Gasteiger partial charge in [-0.15, -0.1) is 0 Å². The van der Waals surface area contributed by atoms with Crippen molar-refractivity contribution >= 4 is 33.5 Å². The number of halogens is 1. The highest BCUT2D eigenvalue weighted by molar-refractivity contribution is 7.89. The molecule has 0 aromatic carbocycles. The molecule has 1 aromatic rings. The highest BCUT2D eigenvalue weighted by Gasteiger charge is 2.05. The van der Waals surface area contributed by atoms with E-state index < -0.39 is 10.0 Å². The largest absolute Gasteiger partial charge is 0.354 e. The van der Waals surface area contributed by atoms with Crippen LogP contribution in [0.1, 0.15) is 19.8 Å². The van der Waals surface area contributed by atoms with Crippen molar-refractivity contribution in [3.63, 3.8) is 0 Å². The maximum atomic E-state index is 10.7. The van der Waals surface area contributed by atoms with Crippen molar-refractivity contribution < 1.29 is 8.42 Å². The van der Waals surface area contributed by atoms with Crippen LogP contribution in [0.5, 0.6) is 0 Å². The second kappa shape index (κ2) is 7.41. The third-order valence-corrected chi connectivity index (χ3v) is 3.06. The van der Waals surface area contributed by atoms with Crippen molar-refractivity contribution in [3.8, 4) is 0 Å². The number of sulfonamides is 1. The number of nitrogens with two attached hydrogens (primary N) is 1. The lowest BCUT2D eigenvalue weighted by molar-refractivity contribution is 0.595. The number of aromatic nitrogens is 3. The Morgan fingerprint density at radius 2 is 1.74 bits per heavy atom. The van der Waals surface area contributed by atoms with Gasteiger partial charge in [-0.3, -0.25) is 0 Å². The number of nitrogens with one attached hydrogen (secondary N) is 2. The first kappa shape index (κ1) is 15.9. The Morgan fingerprint density at radius 1 is 1.16 bits per heavy atom. The van der Waals surface area contributed by atoms with Crippen LogP contribution >= 0.6 is 11.6 Å². The molecular formula is C9H17ClN6O2S. The van der Waals surface area contributed by atoms with Gasteiger partial charge in [-0.2, -0.15) is 15.0 Å². The zero-order chi connectivity index (χ0) is 14.3. The lowest BCUT2D eigenvalue weighted by Crippen LogP contribution is -2.19. The zero-order valence-corrected chi connectivity index (χ0v) is 12.1.